The number of carbonyl (C=O) groups excluding carboxylic acids is 1. The van der Waals surface area contributed by atoms with E-state index in [0.717, 1.165) is 19.3 Å². The van der Waals surface area contributed by atoms with Gasteiger partial charge in [0, 0.05) is 50.2 Å². The number of likely N-dealkylation sites (N-methyl/N-ethyl adjacent to an activating group) is 1. The Bertz CT molecular complexity index is 1460. The van der Waals surface area contributed by atoms with Crippen molar-refractivity contribution in [2.75, 3.05) is 21.2 Å². The van der Waals surface area contributed by atoms with Gasteiger partial charge in [-0.15, -0.1) is 0 Å². The number of hydrogen-bond acceptors (Lipinski definition) is 16. The lowest BCUT2D eigenvalue weighted by Gasteiger charge is -2.49. The van der Waals surface area contributed by atoms with E-state index in [9.17, 15) is 30.3 Å². The Morgan fingerprint density at radius 2 is 1.52 bits per heavy atom. The van der Waals surface area contributed by atoms with Gasteiger partial charge in [0.05, 0.1) is 59.5 Å². The SMILES string of the molecule is CC[C@H]1OC(=O)[C@H](C)[C@@H](OC2C[C@@](C)(OC)[C@@H](O)[C@H](C)O2)[C@H](C)[C@@H](OC2O[C@H](C)C[C@H](N(C)C)[C@H]2O)[C@@](C)(O)C[C@@H](C)/C(=N\OC2(OC(C)C)CCCCC2)[C@H](C)[C@@H](O)[C@]1(C)O. The first-order chi connectivity index (χ1) is 28.7. The summed E-state index contributed by atoms with van der Waals surface area (Å²) in [7, 11) is 5.26. The Labute approximate surface area is 371 Å². The summed E-state index contributed by atoms with van der Waals surface area (Å²) in [5.41, 5.74) is -4.43. The third-order valence-corrected chi connectivity index (χ3v) is 14.2. The molecule has 16 nitrogen and oxygen atoms in total. The number of hydrogen-bond donors (Lipinski definition) is 5. The van der Waals surface area contributed by atoms with Crippen LogP contribution < -0.4 is 0 Å². The molecule has 4 fully saturated rings. The van der Waals surface area contributed by atoms with Crippen molar-refractivity contribution in [2.45, 2.75) is 237 Å². The molecule has 16 heteroatoms. The minimum atomic E-state index is -1.96. The van der Waals surface area contributed by atoms with Crippen LogP contribution in [0.3, 0.4) is 0 Å². The normalized spacial score (nSPS) is 46.1. The summed E-state index contributed by atoms with van der Waals surface area (Å²) in [6.07, 6.45) is -5.52. The van der Waals surface area contributed by atoms with Crippen molar-refractivity contribution >= 4 is 11.7 Å². The van der Waals surface area contributed by atoms with E-state index in [1.54, 1.807) is 48.5 Å². The van der Waals surface area contributed by atoms with E-state index in [2.05, 4.69) is 0 Å². The molecule has 0 bridgehead atoms. The molecule has 18 atom stereocenters. The Kier molecular flexibility index (Phi) is 18.3. The molecule has 5 N–H and O–H groups in total. The fourth-order valence-electron chi connectivity index (χ4n) is 10.5. The molecule has 0 spiro atoms. The Morgan fingerprint density at radius 1 is 0.887 bits per heavy atom. The average Bonchev–Trinajstić information content (AvgIpc) is 3.19. The quantitative estimate of drug-likeness (QED) is 0.109. The summed E-state index contributed by atoms with van der Waals surface area (Å²) in [5.74, 6) is -5.10. The molecule has 1 saturated carbocycles. The van der Waals surface area contributed by atoms with Gasteiger partial charge in [-0.2, -0.15) is 0 Å². The molecule has 0 aromatic carbocycles. The van der Waals surface area contributed by atoms with Gasteiger partial charge in [0.2, 0.25) is 5.79 Å². The van der Waals surface area contributed by atoms with Gasteiger partial charge in [0.15, 0.2) is 12.6 Å². The Balaban J connectivity index is 1.90. The van der Waals surface area contributed by atoms with Gasteiger partial charge in [0.25, 0.3) is 0 Å². The van der Waals surface area contributed by atoms with Crippen LogP contribution in [0, 0.1) is 23.7 Å². The van der Waals surface area contributed by atoms with Crippen LogP contribution in [0.5, 0.6) is 0 Å². The van der Waals surface area contributed by atoms with Gasteiger partial charge in [-0.25, -0.2) is 0 Å². The van der Waals surface area contributed by atoms with E-state index in [0.29, 0.717) is 25.0 Å². The maximum absolute atomic E-state index is 14.5. The first-order valence-corrected chi connectivity index (χ1v) is 23.2. The zero-order valence-corrected chi connectivity index (χ0v) is 40.4. The van der Waals surface area contributed by atoms with E-state index >= 15 is 0 Å². The van der Waals surface area contributed by atoms with Gasteiger partial charge in [-0.1, -0.05) is 39.3 Å². The minimum absolute atomic E-state index is 0.00935. The monoisotopic (exact) mass is 889 g/mol. The molecule has 0 radical (unpaired) electrons. The predicted octanol–water partition coefficient (Wildman–Crippen LogP) is 4.67. The number of oxime groups is 1. The zero-order valence-electron chi connectivity index (χ0n) is 40.4. The first-order valence-electron chi connectivity index (χ1n) is 23.2. The first kappa shape index (κ1) is 53.1. The number of carbonyl (C=O) groups is 1. The number of nitrogens with zero attached hydrogens (tertiary/aromatic N) is 2. The summed E-state index contributed by atoms with van der Waals surface area (Å²) >= 11 is 0. The van der Waals surface area contributed by atoms with Crippen LogP contribution in [0.25, 0.3) is 0 Å². The van der Waals surface area contributed by atoms with Gasteiger partial charge in [-0.05, 0) is 102 Å². The maximum atomic E-state index is 14.5. The highest BCUT2D eigenvalue weighted by Crippen LogP contribution is 2.42. The fraction of sp³-hybridized carbons (Fsp3) is 0.957. The molecule has 0 amide bonds. The molecule has 3 saturated heterocycles. The van der Waals surface area contributed by atoms with Gasteiger partial charge in [-0.3, -0.25) is 4.79 Å². The summed E-state index contributed by atoms with van der Waals surface area (Å²) in [4.78, 5) is 22.8. The second-order valence-corrected chi connectivity index (χ2v) is 20.3. The van der Waals surface area contributed by atoms with Crippen LogP contribution >= 0.6 is 0 Å². The lowest BCUT2D eigenvalue weighted by molar-refractivity contribution is -0.318. The van der Waals surface area contributed by atoms with Crippen LogP contribution in [0.2, 0.25) is 0 Å². The summed E-state index contributed by atoms with van der Waals surface area (Å²) in [6, 6.07) is -0.324. The molecular formula is C46H84N2O14. The van der Waals surface area contributed by atoms with Crippen molar-refractivity contribution in [1.29, 1.82) is 0 Å². The smallest absolute Gasteiger partial charge is 0.311 e. The molecule has 4 rings (SSSR count). The second kappa shape index (κ2) is 21.4. The van der Waals surface area contributed by atoms with Crippen LogP contribution in [0.4, 0.5) is 0 Å². The highest BCUT2D eigenvalue weighted by atomic mass is 16.8. The third-order valence-electron chi connectivity index (χ3n) is 14.2. The van der Waals surface area contributed by atoms with Crippen molar-refractivity contribution in [3.8, 4) is 0 Å². The van der Waals surface area contributed by atoms with Crippen LogP contribution in [-0.4, -0.2) is 159 Å². The molecule has 62 heavy (non-hydrogen) atoms. The topological polar surface area (TPSA) is 208 Å². The molecule has 362 valence electrons. The van der Waals surface area contributed by atoms with Crippen LogP contribution in [0.15, 0.2) is 5.16 Å². The molecule has 2 unspecified atom stereocenters. The van der Waals surface area contributed by atoms with E-state index in [4.69, 9.17) is 43.2 Å². The molecule has 0 aromatic rings. The lowest BCUT2D eigenvalue weighted by Crippen LogP contribution is -2.61. The van der Waals surface area contributed by atoms with Crippen LogP contribution in [0.1, 0.15) is 141 Å². The van der Waals surface area contributed by atoms with Gasteiger partial charge >= 0.3 is 5.97 Å². The van der Waals surface area contributed by atoms with E-state index < -0.39 is 108 Å². The summed E-state index contributed by atoms with van der Waals surface area (Å²) < 4.78 is 44.4. The van der Waals surface area contributed by atoms with E-state index in [-0.39, 0.29) is 37.5 Å². The number of aliphatic hydroxyl groups is 5. The number of methoxy groups -OCH3 is 1. The molecule has 3 aliphatic heterocycles. The highest BCUT2D eigenvalue weighted by Gasteiger charge is 2.53. The summed E-state index contributed by atoms with van der Waals surface area (Å²) in [6.45, 7) is 21.1. The summed E-state index contributed by atoms with van der Waals surface area (Å²) in [5, 5.41) is 64.9. The van der Waals surface area contributed by atoms with Crippen molar-refractivity contribution in [3.05, 3.63) is 0 Å². The standard InChI is InChI=1S/C46H84N2O14/c1-16-33-45(12,54)38(50)28(6)35(47-62-46(61-25(2)3)20-18-17-19-21-46)26(4)23-43(10,53)40(60-42-36(49)32(48(13)14)22-27(5)56-42)29(7)37(30(8)41(52)58-33)59-34-24-44(11,55-15)39(51)31(9)57-34/h25-34,36-40,42,49-51,53-54H,16-24H2,1-15H3/b47-35+/t26-,27-,28+,29+,30-,31+,32+,33-,34?,36-,37+,38-,39+,40-,42?,43+,44-,45-/m1/s1. The number of aliphatic hydroxyl groups excluding tert-OH is 3. The van der Waals surface area contributed by atoms with Crippen molar-refractivity contribution in [2.24, 2.45) is 28.8 Å². The maximum Gasteiger partial charge on any atom is 0.311 e. The third kappa shape index (κ3) is 12.1. The van der Waals surface area contributed by atoms with E-state index in [1.807, 2.05) is 46.7 Å². The second-order valence-electron chi connectivity index (χ2n) is 20.3. The highest BCUT2D eigenvalue weighted by molar-refractivity contribution is 5.88. The lowest BCUT2D eigenvalue weighted by atomic mass is 9.73. The largest absolute Gasteiger partial charge is 0.459 e. The Hall–Kier alpha value is -1.54. The zero-order chi connectivity index (χ0) is 46.7. The molecular weight excluding hydrogens is 805 g/mol. The number of cyclic esters (lactones) is 1. The fourth-order valence-corrected chi connectivity index (χ4v) is 10.5. The van der Waals surface area contributed by atoms with Crippen LogP contribution in [-0.2, 0) is 42.8 Å². The van der Waals surface area contributed by atoms with Crippen molar-refractivity contribution < 1.29 is 68.3 Å². The van der Waals surface area contributed by atoms with Gasteiger partial charge in [0.1, 0.15) is 23.9 Å². The molecule has 1 aliphatic carbocycles. The predicted molar refractivity (Wildman–Crippen MR) is 232 cm³/mol. The van der Waals surface area contributed by atoms with E-state index in [1.165, 1.54) is 14.0 Å². The van der Waals surface area contributed by atoms with Gasteiger partial charge < -0.3 is 68.4 Å². The Morgan fingerprint density at radius 3 is 2.08 bits per heavy atom. The number of rotatable bonds is 11. The number of ether oxygens (including phenoxy) is 7. The van der Waals surface area contributed by atoms with Crippen molar-refractivity contribution in [3.63, 3.8) is 0 Å². The molecule has 4 aliphatic rings. The molecule has 3 heterocycles. The number of esters is 1. The minimum Gasteiger partial charge on any atom is -0.459 e. The molecule has 0 aromatic heterocycles. The van der Waals surface area contributed by atoms with Crippen molar-refractivity contribution in [1.82, 2.24) is 4.90 Å². The average molecular weight is 889 g/mol.